The number of pyridine rings is 1. The van der Waals surface area contributed by atoms with E-state index in [2.05, 4.69) is 10.3 Å². The summed E-state index contributed by atoms with van der Waals surface area (Å²) in [5.74, 6) is -0.925. The third-order valence-corrected chi connectivity index (χ3v) is 1.93. The largest absolute Gasteiger partial charge is 0.478 e. The van der Waals surface area contributed by atoms with Gasteiger partial charge in [-0.2, -0.15) is 0 Å². The summed E-state index contributed by atoms with van der Waals surface area (Å²) in [5.41, 5.74) is 2.12. The highest BCUT2D eigenvalue weighted by Crippen LogP contribution is 2.01. The first-order chi connectivity index (χ1) is 7.20. The molecule has 0 atom stereocenters. The van der Waals surface area contributed by atoms with Gasteiger partial charge in [0.1, 0.15) is 0 Å². The van der Waals surface area contributed by atoms with Crippen LogP contribution in [0.15, 0.2) is 30.5 Å². The van der Waals surface area contributed by atoms with Crippen molar-refractivity contribution in [2.75, 3.05) is 6.54 Å². The number of aryl methyl sites for hydroxylation is 1. The highest BCUT2D eigenvalue weighted by molar-refractivity contribution is 5.79. The van der Waals surface area contributed by atoms with Crippen LogP contribution in [0.1, 0.15) is 11.3 Å². The highest BCUT2D eigenvalue weighted by Gasteiger charge is 1.96. The van der Waals surface area contributed by atoms with Gasteiger partial charge in [0.05, 0.1) is 5.69 Å². The van der Waals surface area contributed by atoms with Gasteiger partial charge in [0.2, 0.25) is 0 Å². The summed E-state index contributed by atoms with van der Waals surface area (Å²) in [5, 5.41) is 11.4. The lowest BCUT2D eigenvalue weighted by molar-refractivity contribution is -0.131. The maximum Gasteiger partial charge on any atom is 0.328 e. The Labute approximate surface area is 88.7 Å². The maximum atomic E-state index is 10.2. The van der Waals surface area contributed by atoms with Crippen molar-refractivity contribution in [1.29, 1.82) is 0 Å². The molecule has 0 unspecified atom stereocenters. The van der Waals surface area contributed by atoms with E-state index in [1.807, 2.05) is 19.1 Å². The maximum absolute atomic E-state index is 10.2. The van der Waals surface area contributed by atoms with E-state index >= 15 is 0 Å². The quantitative estimate of drug-likeness (QED) is 0.560. The van der Waals surface area contributed by atoms with Crippen LogP contribution in [0, 0.1) is 6.92 Å². The molecule has 15 heavy (non-hydrogen) atoms. The summed E-state index contributed by atoms with van der Waals surface area (Å²) >= 11 is 0. The topological polar surface area (TPSA) is 62.2 Å². The zero-order valence-electron chi connectivity index (χ0n) is 8.60. The predicted octanol–water partition coefficient (Wildman–Crippen LogP) is 1.12. The first-order valence-corrected chi connectivity index (χ1v) is 4.71. The van der Waals surface area contributed by atoms with Crippen molar-refractivity contribution in [2.24, 2.45) is 0 Å². The number of nitrogens with one attached hydrogen (secondary N) is 1. The number of carboxylic acids is 1. The molecule has 0 aliphatic carbocycles. The second kappa shape index (κ2) is 5.93. The van der Waals surface area contributed by atoms with E-state index < -0.39 is 5.97 Å². The molecule has 0 bridgehead atoms. The Kier molecular flexibility index (Phi) is 4.50. The van der Waals surface area contributed by atoms with Gasteiger partial charge >= 0.3 is 5.97 Å². The molecule has 0 fully saturated rings. The van der Waals surface area contributed by atoms with Crippen molar-refractivity contribution in [3.8, 4) is 0 Å². The Bertz CT molecular complexity index is 361. The van der Waals surface area contributed by atoms with Crippen LogP contribution >= 0.6 is 0 Å². The van der Waals surface area contributed by atoms with Gasteiger partial charge in [-0.1, -0.05) is 12.1 Å². The third kappa shape index (κ3) is 4.37. The van der Waals surface area contributed by atoms with E-state index in [4.69, 9.17) is 5.11 Å². The molecule has 0 saturated heterocycles. The van der Waals surface area contributed by atoms with Crippen LogP contribution in [0.3, 0.4) is 0 Å². The fraction of sp³-hybridized carbons (Fsp3) is 0.273. The fourth-order valence-electron chi connectivity index (χ4n) is 1.14. The Morgan fingerprint density at radius 3 is 3.13 bits per heavy atom. The third-order valence-electron chi connectivity index (χ3n) is 1.93. The molecule has 0 amide bonds. The summed E-state index contributed by atoms with van der Waals surface area (Å²) in [6.45, 7) is 3.18. The molecule has 1 heterocycles. The van der Waals surface area contributed by atoms with E-state index in [-0.39, 0.29) is 0 Å². The molecule has 0 aliphatic rings. The van der Waals surface area contributed by atoms with Gasteiger partial charge in [0.25, 0.3) is 0 Å². The van der Waals surface area contributed by atoms with Crippen molar-refractivity contribution in [3.63, 3.8) is 0 Å². The molecule has 0 aromatic carbocycles. The predicted molar refractivity (Wildman–Crippen MR) is 57.5 cm³/mol. The summed E-state index contributed by atoms with van der Waals surface area (Å²) in [4.78, 5) is 14.4. The summed E-state index contributed by atoms with van der Waals surface area (Å²) in [6, 6.07) is 3.89. The second-order valence-corrected chi connectivity index (χ2v) is 3.14. The zero-order valence-corrected chi connectivity index (χ0v) is 8.60. The Balaban J connectivity index is 2.32. The monoisotopic (exact) mass is 206 g/mol. The number of hydrogen-bond acceptors (Lipinski definition) is 3. The normalized spacial score (nSPS) is 10.7. The molecule has 0 aliphatic heterocycles. The number of nitrogens with zero attached hydrogens (tertiary/aromatic N) is 1. The highest BCUT2D eigenvalue weighted by atomic mass is 16.4. The van der Waals surface area contributed by atoms with E-state index in [1.165, 1.54) is 0 Å². The van der Waals surface area contributed by atoms with Crippen molar-refractivity contribution < 1.29 is 9.90 Å². The number of rotatable bonds is 5. The molecule has 4 heteroatoms. The van der Waals surface area contributed by atoms with Crippen LogP contribution in [0.5, 0.6) is 0 Å². The van der Waals surface area contributed by atoms with Gasteiger partial charge in [-0.25, -0.2) is 4.79 Å². The molecule has 80 valence electrons. The number of aliphatic carboxylic acids is 1. The SMILES string of the molecule is Cc1cccnc1CNC/C=C/C(=O)O. The molecule has 1 aromatic heterocycles. The van der Waals surface area contributed by atoms with Crippen LogP contribution in [0.25, 0.3) is 0 Å². The molecule has 0 saturated carbocycles. The molecule has 1 aromatic rings. The number of carbonyl (C=O) groups is 1. The van der Waals surface area contributed by atoms with Crippen molar-refractivity contribution >= 4 is 5.97 Å². The lowest BCUT2D eigenvalue weighted by atomic mass is 10.2. The van der Waals surface area contributed by atoms with Gasteiger partial charge in [0.15, 0.2) is 0 Å². The lowest BCUT2D eigenvalue weighted by Gasteiger charge is -2.03. The number of hydrogen-bond donors (Lipinski definition) is 2. The minimum Gasteiger partial charge on any atom is -0.478 e. The standard InChI is InChI=1S/C11H14N2O2/c1-9-4-2-7-13-10(9)8-12-6-3-5-11(14)15/h2-5,7,12H,6,8H2,1H3,(H,14,15)/b5-3+. The van der Waals surface area contributed by atoms with Crippen LogP contribution in [0.4, 0.5) is 0 Å². The number of aromatic nitrogens is 1. The van der Waals surface area contributed by atoms with Crippen LogP contribution in [0.2, 0.25) is 0 Å². The van der Waals surface area contributed by atoms with Crippen molar-refractivity contribution in [2.45, 2.75) is 13.5 Å². The zero-order chi connectivity index (χ0) is 11.1. The Hall–Kier alpha value is -1.68. The van der Waals surface area contributed by atoms with Crippen LogP contribution in [-0.4, -0.2) is 22.6 Å². The lowest BCUT2D eigenvalue weighted by Crippen LogP contribution is -2.15. The summed E-state index contributed by atoms with van der Waals surface area (Å²) in [7, 11) is 0. The molecule has 0 spiro atoms. The van der Waals surface area contributed by atoms with Gasteiger partial charge in [-0.15, -0.1) is 0 Å². The minimum absolute atomic E-state index is 0.530. The molecular formula is C11H14N2O2. The van der Waals surface area contributed by atoms with Crippen molar-refractivity contribution in [3.05, 3.63) is 41.7 Å². The smallest absolute Gasteiger partial charge is 0.328 e. The average Bonchev–Trinajstić information content (AvgIpc) is 2.20. The van der Waals surface area contributed by atoms with Gasteiger partial charge in [-0.3, -0.25) is 4.98 Å². The van der Waals surface area contributed by atoms with Gasteiger partial charge in [-0.05, 0) is 18.6 Å². The van der Waals surface area contributed by atoms with Crippen LogP contribution in [-0.2, 0) is 11.3 Å². The van der Waals surface area contributed by atoms with Gasteiger partial charge in [0, 0.05) is 25.4 Å². The molecule has 1 rings (SSSR count). The van der Waals surface area contributed by atoms with E-state index in [1.54, 1.807) is 12.3 Å². The van der Waals surface area contributed by atoms with Crippen molar-refractivity contribution in [1.82, 2.24) is 10.3 Å². The Morgan fingerprint density at radius 1 is 1.67 bits per heavy atom. The molecule has 4 nitrogen and oxygen atoms in total. The molecular weight excluding hydrogens is 192 g/mol. The van der Waals surface area contributed by atoms with E-state index in [0.717, 1.165) is 17.3 Å². The van der Waals surface area contributed by atoms with E-state index in [0.29, 0.717) is 13.1 Å². The fourth-order valence-corrected chi connectivity index (χ4v) is 1.14. The Morgan fingerprint density at radius 2 is 2.47 bits per heavy atom. The minimum atomic E-state index is -0.925. The summed E-state index contributed by atoms with van der Waals surface area (Å²) < 4.78 is 0. The first kappa shape index (κ1) is 11.4. The second-order valence-electron chi connectivity index (χ2n) is 3.14. The molecule has 2 N–H and O–H groups in total. The first-order valence-electron chi connectivity index (χ1n) is 4.71. The summed E-state index contributed by atoms with van der Waals surface area (Å²) in [6.07, 6.45) is 4.44. The number of carboxylic acid groups (broad SMARTS) is 1. The van der Waals surface area contributed by atoms with Crippen LogP contribution < -0.4 is 5.32 Å². The molecule has 0 radical (unpaired) electrons. The van der Waals surface area contributed by atoms with E-state index in [9.17, 15) is 4.79 Å². The van der Waals surface area contributed by atoms with Gasteiger partial charge < -0.3 is 10.4 Å². The average molecular weight is 206 g/mol.